The Bertz CT molecular complexity index is 468. The first-order valence-corrected chi connectivity index (χ1v) is 7.62. The minimum absolute atomic E-state index is 0.283. The van der Waals surface area contributed by atoms with Gasteiger partial charge in [-0.1, -0.05) is 19.9 Å². The predicted octanol–water partition coefficient (Wildman–Crippen LogP) is 3.41. The largest absolute Gasteiger partial charge is 0.494 e. The number of rotatable bonds is 5. The molecule has 0 saturated carbocycles. The van der Waals surface area contributed by atoms with E-state index in [1.54, 1.807) is 0 Å². The van der Waals surface area contributed by atoms with Crippen LogP contribution in [0, 0.1) is 5.92 Å². The van der Waals surface area contributed by atoms with Gasteiger partial charge in [0, 0.05) is 19.5 Å². The van der Waals surface area contributed by atoms with Crippen LogP contribution in [0.5, 0.6) is 5.75 Å². The summed E-state index contributed by atoms with van der Waals surface area (Å²) >= 11 is 0. The number of carbonyl (C=O) groups is 1. The monoisotopic (exact) mass is 275 g/mol. The number of amides is 1. The van der Waals surface area contributed by atoms with Crippen LogP contribution < -0.4 is 4.74 Å². The summed E-state index contributed by atoms with van der Waals surface area (Å²) in [7, 11) is 0. The van der Waals surface area contributed by atoms with Crippen LogP contribution in [0.3, 0.4) is 0 Å². The standard InChI is InChI=1S/C17H25NO2/c1-4-20-16-7-6-14-9-10-18(12-15(14)11-16)17(19)8-5-13(2)3/h6-7,11,13H,4-5,8-10,12H2,1-3H3. The van der Waals surface area contributed by atoms with Crippen LogP contribution >= 0.6 is 0 Å². The highest BCUT2D eigenvalue weighted by Crippen LogP contribution is 2.24. The van der Waals surface area contributed by atoms with E-state index in [9.17, 15) is 4.79 Å². The third-order valence-electron chi connectivity index (χ3n) is 3.79. The summed E-state index contributed by atoms with van der Waals surface area (Å²) in [6, 6.07) is 6.25. The maximum absolute atomic E-state index is 12.2. The number of ether oxygens (including phenoxy) is 1. The van der Waals surface area contributed by atoms with E-state index in [-0.39, 0.29) is 5.91 Å². The van der Waals surface area contributed by atoms with Gasteiger partial charge in [0.2, 0.25) is 5.91 Å². The molecule has 0 aromatic heterocycles. The highest BCUT2D eigenvalue weighted by Gasteiger charge is 2.20. The molecule has 1 amide bonds. The van der Waals surface area contributed by atoms with Crippen LogP contribution in [0.15, 0.2) is 18.2 Å². The van der Waals surface area contributed by atoms with Crippen molar-refractivity contribution in [3.8, 4) is 5.75 Å². The van der Waals surface area contributed by atoms with Crippen molar-refractivity contribution in [1.29, 1.82) is 0 Å². The van der Waals surface area contributed by atoms with E-state index in [1.165, 1.54) is 11.1 Å². The van der Waals surface area contributed by atoms with Crippen molar-refractivity contribution in [1.82, 2.24) is 4.90 Å². The lowest BCUT2D eigenvalue weighted by Gasteiger charge is -2.29. The van der Waals surface area contributed by atoms with Crippen molar-refractivity contribution in [2.24, 2.45) is 5.92 Å². The van der Waals surface area contributed by atoms with Crippen LogP contribution in [0.2, 0.25) is 0 Å². The zero-order valence-electron chi connectivity index (χ0n) is 12.8. The normalized spacial score (nSPS) is 14.3. The van der Waals surface area contributed by atoms with Crippen molar-refractivity contribution in [2.75, 3.05) is 13.2 Å². The average Bonchev–Trinajstić information content (AvgIpc) is 2.44. The first-order valence-electron chi connectivity index (χ1n) is 7.62. The predicted molar refractivity (Wildman–Crippen MR) is 80.8 cm³/mol. The maximum Gasteiger partial charge on any atom is 0.222 e. The Kier molecular flexibility index (Phi) is 5.05. The number of benzene rings is 1. The van der Waals surface area contributed by atoms with Gasteiger partial charge in [-0.15, -0.1) is 0 Å². The van der Waals surface area contributed by atoms with Crippen molar-refractivity contribution >= 4 is 5.91 Å². The second-order valence-electron chi connectivity index (χ2n) is 5.86. The summed E-state index contributed by atoms with van der Waals surface area (Å²) in [4.78, 5) is 14.2. The van der Waals surface area contributed by atoms with E-state index in [2.05, 4.69) is 26.0 Å². The molecule has 1 aliphatic rings. The Balaban J connectivity index is 2.01. The molecule has 20 heavy (non-hydrogen) atoms. The maximum atomic E-state index is 12.2. The number of nitrogens with zero attached hydrogens (tertiary/aromatic N) is 1. The van der Waals surface area contributed by atoms with Crippen molar-refractivity contribution in [3.63, 3.8) is 0 Å². The fraction of sp³-hybridized carbons (Fsp3) is 0.588. The molecule has 0 bridgehead atoms. The molecule has 2 rings (SSSR count). The molecule has 1 aromatic rings. The summed E-state index contributed by atoms with van der Waals surface area (Å²) in [6.07, 6.45) is 2.59. The molecule has 1 heterocycles. The summed E-state index contributed by atoms with van der Waals surface area (Å²) in [5, 5.41) is 0. The lowest BCUT2D eigenvalue weighted by Crippen LogP contribution is -2.35. The van der Waals surface area contributed by atoms with E-state index in [0.717, 1.165) is 31.7 Å². The average molecular weight is 275 g/mol. The zero-order valence-corrected chi connectivity index (χ0v) is 12.8. The quantitative estimate of drug-likeness (QED) is 0.824. The van der Waals surface area contributed by atoms with E-state index >= 15 is 0 Å². The molecule has 3 heteroatoms. The van der Waals surface area contributed by atoms with Crippen LogP contribution in [0.4, 0.5) is 0 Å². The van der Waals surface area contributed by atoms with Crippen molar-refractivity contribution < 1.29 is 9.53 Å². The minimum atomic E-state index is 0.283. The van der Waals surface area contributed by atoms with Gasteiger partial charge in [-0.2, -0.15) is 0 Å². The van der Waals surface area contributed by atoms with E-state index in [0.29, 0.717) is 18.9 Å². The molecule has 1 aromatic carbocycles. The summed E-state index contributed by atoms with van der Waals surface area (Å²) in [6.45, 7) is 8.56. The summed E-state index contributed by atoms with van der Waals surface area (Å²) in [5.41, 5.74) is 2.58. The molecule has 0 atom stereocenters. The van der Waals surface area contributed by atoms with Gasteiger partial charge in [0.15, 0.2) is 0 Å². The SMILES string of the molecule is CCOc1ccc2c(c1)CN(C(=O)CCC(C)C)CC2. The van der Waals surface area contributed by atoms with E-state index in [1.807, 2.05) is 17.9 Å². The van der Waals surface area contributed by atoms with Gasteiger partial charge in [0.1, 0.15) is 5.75 Å². The second kappa shape index (κ2) is 6.78. The van der Waals surface area contributed by atoms with Gasteiger partial charge in [-0.05, 0) is 48.9 Å². The number of carbonyl (C=O) groups excluding carboxylic acids is 1. The minimum Gasteiger partial charge on any atom is -0.494 e. The molecule has 0 fully saturated rings. The summed E-state index contributed by atoms with van der Waals surface area (Å²) in [5.74, 6) is 1.77. The number of hydrogen-bond donors (Lipinski definition) is 0. The van der Waals surface area contributed by atoms with Crippen molar-refractivity contribution in [2.45, 2.75) is 46.6 Å². The Hall–Kier alpha value is -1.51. The van der Waals surface area contributed by atoms with Gasteiger partial charge in [-0.3, -0.25) is 4.79 Å². The van der Waals surface area contributed by atoms with Gasteiger partial charge in [-0.25, -0.2) is 0 Å². The molecule has 0 radical (unpaired) electrons. The molecule has 1 aliphatic heterocycles. The molecule has 0 unspecified atom stereocenters. The fourth-order valence-corrected chi connectivity index (χ4v) is 2.57. The van der Waals surface area contributed by atoms with E-state index < -0.39 is 0 Å². The molecule has 0 aliphatic carbocycles. The Labute approximate surface area is 121 Å². The van der Waals surface area contributed by atoms with Gasteiger partial charge >= 0.3 is 0 Å². The van der Waals surface area contributed by atoms with E-state index in [4.69, 9.17) is 4.74 Å². The third-order valence-corrected chi connectivity index (χ3v) is 3.79. The molecule has 0 N–H and O–H groups in total. The highest BCUT2D eigenvalue weighted by molar-refractivity contribution is 5.76. The molecule has 0 saturated heterocycles. The first-order chi connectivity index (χ1) is 9.60. The Morgan fingerprint density at radius 1 is 1.35 bits per heavy atom. The van der Waals surface area contributed by atoms with Crippen LogP contribution in [0.1, 0.15) is 44.7 Å². The van der Waals surface area contributed by atoms with Crippen LogP contribution in [0.25, 0.3) is 0 Å². The lowest BCUT2D eigenvalue weighted by molar-refractivity contribution is -0.132. The number of fused-ring (bicyclic) bond motifs is 1. The second-order valence-corrected chi connectivity index (χ2v) is 5.86. The highest BCUT2D eigenvalue weighted by atomic mass is 16.5. The summed E-state index contributed by atoms with van der Waals surface area (Å²) < 4.78 is 5.54. The molecule has 0 spiro atoms. The van der Waals surface area contributed by atoms with Crippen molar-refractivity contribution in [3.05, 3.63) is 29.3 Å². The third kappa shape index (κ3) is 3.75. The van der Waals surface area contributed by atoms with Gasteiger partial charge in [0.05, 0.1) is 6.61 Å². The molecular formula is C17H25NO2. The topological polar surface area (TPSA) is 29.5 Å². The lowest BCUT2D eigenvalue weighted by atomic mass is 9.98. The Morgan fingerprint density at radius 3 is 2.85 bits per heavy atom. The molecular weight excluding hydrogens is 250 g/mol. The molecule has 3 nitrogen and oxygen atoms in total. The number of hydrogen-bond acceptors (Lipinski definition) is 2. The van der Waals surface area contributed by atoms with Gasteiger partial charge < -0.3 is 9.64 Å². The fourth-order valence-electron chi connectivity index (χ4n) is 2.57. The Morgan fingerprint density at radius 2 is 2.15 bits per heavy atom. The molecule has 110 valence electrons. The van der Waals surface area contributed by atoms with Crippen LogP contribution in [-0.4, -0.2) is 24.0 Å². The first kappa shape index (κ1) is 14.9. The zero-order chi connectivity index (χ0) is 14.5. The smallest absolute Gasteiger partial charge is 0.222 e. The van der Waals surface area contributed by atoms with Gasteiger partial charge in [0.25, 0.3) is 0 Å². The van der Waals surface area contributed by atoms with Crippen LogP contribution in [-0.2, 0) is 17.8 Å².